The van der Waals surface area contributed by atoms with Gasteiger partial charge in [0.2, 0.25) is 0 Å². The molecular weight excluding hydrogens is 148 g/mol. The van der Waals surface area contributed by atoms with Gasteiger partial charge < -0.3 is 0 Å². The maximum atomic E-state index is 4.21. The molecule has 0 spiro atoms. The van der Waals surface area contributed by atoms with Crippen molar-refractivity contribution < 1.29 is 0 Å². The van der Waals surface area contributed by atoms with E-state index in [-0.39, 0.29) is 0 Å². The van der Waals surface area contributed by atoms with Crippen molar-refractivity contribution in [3.05, 3.63) is 17.5 Å². The molecule has 0 fully saturated rings. The number of aromatic nitrogens is 2. The molecule has 0 bridgehead atoms. The van der Waals surface area contributed by atoms with Crippen LogP contribution < -0.4 is 0 Å². The normalized spacial score (nSPS) is 11.1. The molecule has 0 aliphatic heterocycles. The molecule has 1 rings (SSSR count). The highest BCUT2D eigenvalue weighted by Crippen LogP contribution is 2.11. The average molecular weight is 166 g/mol. The van der Waals surface area contributed by atoms with E-state index in [1.54, 1.807) is 0 Å². The van der Waals surface area contributed by atoms with E-state index in [0.29, 0.717) is 0 Å². The number of rotatable bonds is 3. The molecule has 0 amide bonds. The summed E-state index contributed by atoms with van der Waals surface area (Å²) in [5, 5.41) is 4.21. The van der Waals surface area contributed by atoms with Crippen molar-refractivity contribution >= 4 is 0 Å². The second-order valence-electron chi connectivity index (χ2n) is 3.81. The van der Waals surface area contributed by atoms with Crippen LogP contribution in [0.2, 0.25) is 0 Å². The molecule has 68 valence electrons. The molecule has 0 aliphatic carbocycles. The molecule has 0 saturated heterocycles. The molecule has 1 aromatic rings. The second-order valence-corrected chi connectivity index (χ2v) is 3.81. The molecule has 2 heteroatoms. The summed E-state index contributed by atoms with van der Waals surface area (Å²) in [6.07, 6.45) is 4.40. The van der Waals surface area contributed by atoms with Crippen molar-refractivity contribution in [2.45, 2.75) is 33.6 Å². The second kappa shape index (κ2) is 3.74. The molecule has 0 aromatic carbocycles. The van der Waals surface area contributed by atoms with Crippen LogP contribution in [0.15, 0.2) is 6.20 Å². The van der Waals surface area contributed by atoms with Gasteiger partial charge in [0.1, 0.15) is 0 Å². The summed E-state index contributed by atoms with van der Waals surface area (Å²) in [6.45, 7) is 6.64. The Hall–Kier alpha value is -0.790. The quantitative estimate of drug-likeness (QED) is 0.673. The molecule has 0 aliphatic rings. The van der Waals surface area contributed by atoms with Crippen molar-refractivity contribution in [2.75, 3.05) is 0 Å². The Morgan fingerprint density at radius 3 is 2.58 bits per heavy atom. The van der Waals surface area contributed by atoms with Crippen LogP contribution in [0, 0.1) is 12.8 Å². The topological polar surface area (TPSA) is 17.8 Å². The lowest BCUT2D eigenvalue weighted by atomic mass is 10.0. The van der Waals surface area contributed by atoms with Crippen LogP contribution in [0.1, 0.15) is 31.5 Å². The zero-order valence-electron chi connectivity index (χ0n) is 8.46. The van der Waals surface area contributed by atoms with Crippen molar-refractivity contribution in [3.63, 3.8) is 0 Å². The lowest BCUT2D eigenvalue weighted by Crippen LogP contribution is -1.96. The van der Waals surface area contributed by atoms with Crippen LogP contribution in [0.3, 0.4) is 0 Å². The van der Waals surface area contributed by atoms with E-state index in [0.717, 1.165) is 12.3 Å². The van der Waals surface area contributed by atoms with Crippen LogP contribution in [0.4, 0.5) is 0 Å². The van der Waals surface area contributed by atoms with Gasteiger partial charge >= 0.3 is 0 Å². The number of nitrogens with zero attached hydrogens (tertiary/aromatic N) is 2. The Bertz CT molecular complexity index is 248. The highest BCUT2D eigenvalue weighted by molar-refractivity contribution is 5.15. The summed E-state index contributed by atoms with van der Waals surface area (Å²) in [7, 11) is 1.99. The maximum absolute atomic E-state index is 4.21. The van der Waals surface area contributed by atoms with Crippen LogP contribution in [-0.2, 0) is 13.5 Å². The smallest absolute Gasteiger partial charge is 0.0524 e. The molecule has 2 nitrogen and oxygen atoms in total. The van der Waals surface area contributed by atoms with Gasteiger partial charge in [0, 0.05) is 12.7 Å². The first kappa shape index (κ1) is 9.30. The third-order valence-electron chi connectivity index (χ3n) is 2.33. The van der Waals surface area contributed by atoms with Crippen molar-refractivity contribution in [2.24, 2.45) is 13.0 Å². The zero-order valence-corrected chi connectivity index (χ0v) is 8.46. The van der Waals surface area contributed by atoms with Crippen molar-refractivity contribution in [1.29, 1.82) is 0 Å². The van der Waals surface area contributed by atoms with Gasteiger partial charge in [0.25, 0.3) is 0 Å². The summed E-state index contributed by atoms with van der Waals surface area (Å²) in [5.41, 5.74) is 2.70. The number of hydrogen-bond donors (Lipinski definition) is 0. The molecule has 0 atom stereocenters. The first-order valence-corrected chi connectivity index (χ1v) is 4.58. The highest BCUT2D eigenvalue weighted by Gasteiger charge is 2.03. The van der Waals surface area contributed by atoms with Gasteiger partial charge in [-0.2, -0.15) is 5.10 Å². The fourth-order valence-corrected chi connectivity index (χ4v) is 1.23. The van der Waals surface area contributed by atoms with Crippen LogP contribution in [-0.4, -0.2) is 9.78 Å². The Balaban J connectivity index is 2.58. The van der Waals surface area contributed by atoms with Gasteiger partial charge in [-0.25, -0.2) is 0 Å². The summed E-state index contributed by atoms with van der Waals surface area (Å²) < 4.78 is 1.94. The average Bonchev–Trinajstić information content (AvgIpc) is 2.30. The molecular formula is C10H18N2. The van der Waals surface area contributed by atoms with E-state index in [4.69, 9.17) is 0 Å². The molecule has 0 radical (unpaired) electrons. The lowest BCUT2D eigenvalue weighted by Gasteiger charge is -2.03. The SMILES string of the molecule is Cc1c(CCC(C)C)cnn1C. The van der Waals surface area contributed by atoms with Gasteiger partial charge in [-0.15, -0.1) is 0 Å². The van der Waals surface area contributed by atoms with Crippen molar-refractivity contribution in [1.82, 2.24) is 9.78 Å². The van der Waals surface area contributed by atoms with Gasteiger partial charge in [0.05, 0.1) is 6.20 Å². The van der Waals surface area contributed by atoms with E-state index in [2.05, 4.69) is 25.9 Å². The maximum Gasteiger partial charge on any atom is 0.0524 e. The van der Waals surface area contributed by atoms with E-state index in [9.17, 15) is 0 Å². The Morgan fingerprint density at radius 1 is 1.50 bits per heavy atom. The Labute approximate surface area is 74.6 Å². The zero-order chi connectivity index (χ0) is 9.14. The summed E-state index contributed by atoms with van der Waals surface area (Å²) >= 11 is 0. The third kappa shape index (κ3) is 2.10. The van der Waals surface area contributed by atoms with E-state index < -0.39 is 0 Å². The van der Waals surface area contributed by atoms with Gasteiger partial charge in [-0.1, -0.05) is 13.8 Å². The number of aryl methyl sites for hydroxylation is 2. The Kier molecular flexibility index (Phi) is 2.90. The minimum atomic E-state index is 0.782. The predicted octanol–water partition coefficient (Wildman–Crippen LogP) is 2.32. The van der Waals surface area contributed by atoms with E-state index >= 15 is 0 Å². The van der Waals surface area contributed by atoms with Crippen LogP contribution in [0.25, 0.3) is 0 Å². The molecule has 12 heavy (non-hydrogen) atoms. The van der Waals surface area contributed by atoms with Gasteiger partial charge in [-0.3, -0.25) is 4.68 Å². The fourth-order valence-electron chi connectivity index (χ4n) is 1.23. The Morgan fingerprint density at radius 2 is 2.17 bits per heavy atom. The standard InChI is InChI=1S/C10H18N2/c1-8(2)5-6-10-7-11-12(4)9(10)3/h7-8H,5-6H2,1-4H3. The minimum absolute atomic E-state index is 0.782. The predicted molar refractivity (Wildman–Crippen MR) is 51.1 cm³/mol. The van der Waals surface area contributed by atoms with Crippen molar-refractivity contribution in [3.8, 4) is 0 Å². The molecule has 0 unspecified atom stereocenters. The summed E-state index contributed by atoms with van der Waals surface area (Å²) in [4.78, 5) is 0. The highest BCUT2D eigenvalue weighted by atomic mass is 15.3. The van der Waals surface area contributed by atoms with E-state index in [1.165, 1.54) is 17.7 Å². The van der Waals surface area contributed by atoms with E-state index in [1.807, 2.05) is 17.9 Å². The summed E-state index contributed by atoms with van der Waals surface area (Å²) in [6, 6.07) is 0. The monoisotopic (exact) mass is 166 g/mol. The molecule has 1 aromatic heterocycles. The third-order valence-corrected chi connectivity index (χ3v) is 2.33. The molecule has 0 saturated carbocycles. The summed E-state index contributed by atoms with van der Waals surface area (Å²) in [5.74, 6) is 0.782. The molecule has 1 heterocycles. The largest absolute Gasteiger partial charge is 0.273 e. The first-order chi connectivity index (χ1) is 5.61. The minimum Gasteiger partial charge on any atom is -0.273 e. The lowest BCUT2D eigenvalue weighted by molar-refractivity contribution is 0.585. The van der Waals surface area contributed by atoms with Gasteiger partial charge in [-0.05, 0) is 31.2 Å². The first-order valence-electron chi connectivity index (χ1n) is 4.58. The van der Waals surface area contributed by atoms with Crippen LogP contribution in [0.5, 0.6) is 0 Å². The van der Waals surface area contributed by atoms with Gasteiger partial charge in [0.15, 0.2) is 0 Å². The number of hydrogen-bond acceptors (Lipinski definition) is 1. The van der Waals surface area contributed by atoms with Crippen LogP contribution >= 0.6 is 0 Å². The molecule has 0 N–H and O–H groups in total. The fraction of sp³-hybridized carbons (Fsp3) is 0.700.